The summed E-state index contributed by atoms with van der Waals surface area (Å²) in [6.07, 6.45) is 8.27. The molecule has 2 aliphatic carbocycles. The molecule has 0 aliphatic heterocycles. The van der Waals surface area contributed by atoms with Gasteiger partial charge in [0, 0.05) is 28.4 Å². The second-order valence-corrected chi connectivity index (χ2v) is 9.69. The Morgan fingerprint density at radius 2 is 2.15 bits per heavy atom. The van der Waals surface area contributed by atoms with Crippen LogP contribution in [0.3, 0.4) is 0 Å². The summed E-state index contributed by atoms with van der Waals surface area (Å²) in [6, 6.07) is 0.373. The third kappa shape index (κ3) is 4.09. The van der Waals surface area contributed by atoms with Gasteiger partial charge < -0.3 is 9.88 Å². The van der Waals surface area contributed by atoms with E-state index in [0.717, 1.165) is 42.7 Å². The number of aromatic nitrogens is 3. The number of carbonyl (C=O) groups is 1. The average molecular weight is 405 g/mol. The van der Waals surface area contributed by atoms with Gasteiger partial charge in [0.15, 0.2) is 11.0 Å². The second-order valence-electron chi connectivity index (χ2n) is 7.79. The molecule has 2 aromatic rings. The Bertz CT molecular complexity index is 807. The van der Waals surface area contributed by atoms with Crippen molar-refractivity contribution in [1.82, 2.24) is 20.1 Å². The van der Waals surface area contributed by atoms with Crippen LogP contribution in [0.4, 0.5) is 0 Å². The molecule has 1 saturated carbocycles. The van der Waals surface area contributed by atoms with Crippen molar-refractivity contribution < 1.29 is 4.79 Å². The van der Waals surface area contributed by atoms with Gasteiger partial charge in [0.1, 0.15) is 0 Å². The molecule has 2 aromatic heterocycles. The summed E-state index contributed by atoms with van der Waals surface area (Å²) in [7, 11) is 0. The molecule has 5 nitrogen and oxygen atoms in total. The Balaban J connectivity index is 1.47. The molecule has 0 radical (unpaired) electrons. The zero-order chi connectivity index (χ0) is 18.8. The van der Waals surface area contributed by atoms with E-state index in [1.165, 1.54) is 53.4 Å². The van der Waals surface area contributed by atoms with Gasteiger partial charge in [0.25, 0.3) is 0 Å². The van der Waals surface area contributed by atoms with Crippen LogP contribution in [0.25, 0.3) is 11.4 Å². The first-order chi connectivity index (χ1) is 13.2. The van der Waals surface area contributed by atoms with Crippen LogP contribution in [-0.2, 0) is 24.2 Å². The molecule has 7 heteroatoms. The zero-order valence-corrected chi connectivity index (χ0v) is 17.8. The molecular formula is C20H28N4OS2. The van der Waals surface area contributed by atoms with Crippen LogP contribution >= 0.6 is 23.1 Å². The number of rotatable bonds is 6. The quantitative estimate of drug-likeness (QED) is 0.729. The highest BCUT2D eigenvalue weighted by molar-refractivity contribution is 7.99. The van der Waals surface area contributed by atoms with Gasteiger partial charge in [-0.15, -0.1) is 21.5 Å². The fourth-order valence-electron chi connectivity index (χ4n) is 4.21. The van der Waals surface area contributed by atoms with Crippen molar-refractivity contribution in [3.63, 3.8) is 0 Å². The van der Waals surface area contributed by atoms with Gasteiger partial charge >= 0.3 is 0 Å². The predicted molar refractivity (Wildman–Crippen MR) is 111 cm³/mol. The van der Waals surface area contributed by atoms with Crippen molar-refractivity contribution in [2.24, 2.45) is 5.92 Å². The van der Waals surface area contributed by atoms with Crippen molar-refractivity contribution in [3.8, 4) is 11.4 Å². The highest BCUT2D eigenvalue weighted by Gasteiger charge is 2.24. The smallest absolute Gasteiger partial charge is 0.230 e. The molecule has 146 valence electrons. The van der Waals surface area contributed by atoms with E-state index in [2.05, 4.69) is 39.3 Å². The highest BCUT2D eigenvalue weighted by Crippen LogP contribution is 2.38. The molecule has 1 amide bonds. The number of hydrogen-bond donors (Lipinski definition) is 1. The van der Waals surface area contributed by atoms with E-state index in [9.17, 15) is 4.79 Å². The van der Waals surface area contributed by atoms with Crippen molar-refractivity contribution in [2.45, 2.75) is 76.5 Å². The van der Waals surface area contributed by atoms with E-state index in [4.69, 9.17) is 0 Å². The largest absolute Gasteiger partial charge is 0.353 e. The Kier molecular flexibility index (Phi) is 5.88. The molecule has 4 rings (SSSR count). The van der Waals surface area contributed by atoms with E-state index >= 15 is 0 Å². The van der Waals surface area contributed by atoms with Crippen LogP contribution in [0.5, 0.6) is 0 Å². The minimum absolute atomic E-state index is 0.112. The van der Waals surface area contributed by atoms with Gasteiger partial charge in [-0.05, 0) is 50.5 Å². The monoisotopic (exact) mass is 404 g/mol. The van der Waals surface area contributed by atoms with Gasteiger partial charge in [-0.25, -0.2) is 0 Å². The van der Waals surface area contributed by atoms with Crippen LogP contribution in [0, 0.1) is 5.92 Å². The van der Waals surface area contributed by atoms with Crippen molar-refractivity contribution in [3.05, 3.63) is 15.8 Å². The van der Waals surface area contributed by atoms with Crippen molar-refractivity contribution in [1.29, 1.82) is 0 Å². The van der Waals surface area contributed by atoms with E-state index in [-0.39, 0.29) is 5.91 Å². The molecule has 1 fully saturated rings. The number of carbonyl (C=O) groups excluding carboxylic acids is 1. The SMILES string of the molecule is CCn1c(SCC(=O)NC2CCCC2)nnc1-c1csc2c1CCC(C)C2. The second kappa shape index (κ2) is 8.35. The Morgan fingerprint density at radius 1 is 1.33 bits per heavy atom. The first-order valence-corrected chi connectivity index (χ1v) is 12.0. The summed E-state index contributed by atoms with van der Waals surface area (Å²) >= 11 is 3.36. The Morgan fingerprint density at radius 3 is 2.93 bits per heavy atom. The third-order valence-electron chi connectivity index (χ3n) is 5.73. The maximum absolute atomic E-state index is 12.2. The van der Waals surface area contributed by atoms with Gasteiger partial charge in [0.2, 0.25) is 5.91 Å². The molecule has 0 saturated heterocycles. The topological polar surface area (TPSA) is 59.8 Å². The van der Waals surface area contributed by atoms with E-state index in [0.29, 0.717) is 11.8 Å². The summed E-state index contributed by atoms with van der Waals surface area (Å²) < 4.78 is 2.16. The average Bonchev–Trinajstić information content (AvgIpc) is 3.38. The lowest BCUT2D eigenvalue weighted by atomic mass is 9.88. The Hall–Kier alpha value is -1.34. The van der Waals surface area contributed by atoms with Crippen molar-refractivity contribution >= 4 is 29.0 Å². The normalized spacial score (nSPS) is 20.0. The standard InChI is InChI=1S/C20H28N4OS2/c1-3-24-19(16-11-26-17-10-13(2)8-9-15(16)17)22-23-20(24)27-12-18(25)21-14-6-4-5-7-14/h11,13-14H,3-10,12H2,1-2H3,(H,21,25). The maximum Gasteiger partial charge on any atom is 0.230 e. The summed E-state index contributed by atoms with van der Waals surface area (Å²) in [6.45, 7) is 5.27. The molecule has 2 heterocycles. The molecule has 1 atom stereocenters. The molecule has 2 aliphatic rings. The van der Waals surface area contributed by atoms with Crippen LogP contribution in [0.2, 0.25) is 0 Å². The van der Waals surface area contributed by atoms with E-state index in [1.807, 2.05) is 11.3 Å². The molecule has 0 spiro atoms. The minimum atomic E-state index is 0.112. The lowest BCUT2D eigenvalue weighted by Crippen LogP contribution is -2.33. The number of thiophene rings is 1. The zero-order valence-electron chi connectivity index (χ0n) is 16.2. The number of fused-ring (bicyclic) bond motifs is 1. The molecule has 0 bridgehead atoms. The summed E-state index contributed by atoms with van der Waals surface area (Å²) in [5.41, 5.74) is 2.72. The van der Waals surface area contributed by atoms with E-state index in [1.54, 1.807) is 0 Å². The summed E-state index contributed by atoms with van der Waals surface area (Å²) in [5.74, 6) is 2.26. The number of hydrogen-bond acceptors (Lipinski definition) is 5. The molecule has 1 unspecified atom stereocenters. The summed E-state index contributed by atoms with van der Waals surface area (Å²) in [4.78, 5) is 13.8. The van der Waals surface area contributed by atoms with Gasteiger partial charge in [-0.2, -0.15) is 0 Å². The number of thioether (sulfide) groups is 1. The third-order valence-corrected chi connectivity index (χ3v) is 7.75. The minimum Gasteiger partial charge on any atom is -0.353 e. The van der Waals surface area contributed by atoms with Crippen LogP contribution in [-0.4, -0.2) is 32.5 Å². The van der Waals surface area contributed by atoms with Crippen LogP contribution < -0.4 is 5.32 Å². The predicted octanol–water partition coefficient (Wildman–Crippen LogP) is 4.30. The number of nitrogens with one attached hydrogen (secondary N) is 1. The van der Waals surface area contributed by atoms with Crippen LogP contribution in [0.1, 0.15) is 56.4 Å². The van der Waals surface area contributed by atoms with Gasteiger partial charge in [-0.3, -0.25) is 4.79 Å². The lowest BCUT2D eigenvalue weighted by Gasteiger charge is -2.19. The van der Waals surface area contributed by atoms with Gasteiger partial charge in [0.05, 0.1) is 5.75 Å². The van der Waals surface area contributed by atoms with Gasteiger partial charge in [-0.1, -0.05) is 31.5 Å². The number of nitrogens with zero attached hydrogens (tertiary/aromatic N) is 3. The fraction of sp³-hybridized carbons (Fsp3) is 0.650. The summed E-state index contributed by atoms with van der Waals surface area (Å²) in [5, 5.41) is 15.2. The van der Waals surface area contributed by atoms with Crippen LogP contribution in [0.15, 0.2) is 10.5 Å². The first-order valence-electron chi connectivity index (χ1n) is 10.1. The molecule has 0 aromatic carbocycles. The molecule has 1 N–H and O–H groups in total. The van der Waals surface area contributed by atoms with E-state index < -0.39 is 0 Å². The first kappa shape index (κ1) is 19.0. The lowest BCUT2D eigenvalue weighted by molar-refractivity contribution is -0.119. The number of amides is 1. The Labute approximate surface area is 169 Å². The highest BCUT2D eigenvalue weighted by atomic mass is 32.2. The van der Waals surface area contributed by atoms with Crippen molar-refractivity contribution in [2.75, 3.05) is 5.75 Å². The molecular weight excluding hydrogens is 376 g/mol. The maximum atomic E-state index is 12.2. The molecule has 27 heavy (non-hydrogen) atoms. The fourth-order valence-corrected chi connectivity index (χ4v) is 6.27.